The van der Waals surface area contributed by atoms with E-state index in [0.29, 0.717) is 11.8 Å². The minimum absolute atomic E-state index is 0.168. The van der Waals surface area contributed by atoms with Gasteiger partial charge in [0, 0.05) is 11.8 Å². The molecular weight excluding hydrogens is 255 g/mol. The minimum atomic E-state index is 0.168. The Morgan fingerprint density at radius 2 is 2.00 bits per heavy atom. The van der Waals surface area contributed by atoms with E-state index < -0.39 is 0 Å². The monoisotopic (exact) mass is 260 g/mol. The summed E-state index contributed by atoms with van der Waals surface area (Å²) in [6.07, 6.45) is 0. The van der Waals surface area contributed by atoms with Gasteiger partial charge < -0.3 is 0 Å². The van der Waals surface area contributed by atoms with Gasteiger partial charge in [-0.1, -0.05) is 38.8 Å². The molecule has 3 heteroatoms. The van der Waals surface area contributed by atoms with E-state index >= 15 is 0 Å². The van der Waals surface area contributed by atoms with Crippen LogP contribution in [-0.2, 0) is 0 Å². The highest BCUT2D eigenvalue weighted by molar-refractivity contribution is 9.25. The molecule has 1 fully saturated rings. The molecule has 1 rings (SSSR count). The number of rotatable bonds is 1. The molecule has 8 heavy (non-hydrogen) atoms. The Morgan fingerprint density at radius 1 is 1.62 bits per heavy atom. The van der Waals surface area contributed by atoms with Crippen molar-refractivity contribution in [3.63, 3.8) is 0 Å². The molecule has 0 saturated heterocycles. The fourth-order valence-corrected chi connectivity index (χ4v) is 3.17. The van der Waals surface area contributed by atoms with Gasteiger partial charge in [0.25, 0.3) is 0 Å². The van der Waals surface area contributed by atoms with Gasteiger partial charge in [-0.05, 0) is 5.92 Å². The maximum Gasteiger partial charge on any atom is 0.0877 e. The Kier molecular flexibility index (Phi) is 1.96. The van der Waals surface area contributed by atoms with Gasteiger partial charge in [-0.2, -0.15) is 0 Å². The van der Waals surface area contributed by atoms with E-state index in [9.17, 15) is 0 Å². The molecular formula is C5H7Br2Cl. The second-order valence-electron chi connectivity index (χ2n) is 2.22. The molecule has 1 aliphatic carbocycles. The van der Waals surface area contributed by atoms with Gasteiger partial charge in [-0.15, -0.1) is 11.6 Å². The fraction of sp³-hybridized carbons (Fsp3) is 1.00. The Balaban J connectivity index is 2.45. The van der Waals surface area contributed by atoms with Gasteiger partial charge >= 0.3 is 0 Å². The average Bonchev–Trinajstić information content (AvgIpc) is 2.09. The molecule has 48 valence electrons. The molecule has 0 bridgehead atoms. The summed E-state index contributed by atoms with van der Waals surface area (Å²) in [5, 5.41) is 0. The zero-order valence-electron chi connectivity index (χ0n) is 4.50. The Morgan fingerprint density at radius 3 is 2.00 bits per heavy atom. The molecule has 0 aromatic heterocycles. The summed E-state index contributed by atoms with van der Waals surface area (Å²) >= 11 is 12.6. The van der Waals surface area contributed by atoms with Crippen molar-refractivity contribution in [1.82, 2.24) is 0 Å². The molecule has 0 nitrogen and oxygen atoms in total. The van der Waals surface area contributed by atoms with Crippen LogP contribution in [0.2, 0.25) is 0 Å². The summed E-state index contributed by atoms with van der Waals surface area (Å²) in [6, 6.07) is 0. The van der Waals surface area contributed by atoms with Crippen molar-refractivity contribution in [1.29, 1.82) is 0 Å². The van der Waals surface area contributed by atoms with Gasteiger partial charge in [0.1, 0.15) is 0 Å². The van der Waals surface area contributed by atoms with E-state index in [1.165, 1.54) is 0 Å². The Labute approximate surface area is 71.2 Å². The van der Waals surface area contributed by atoms with Crippen molar-refractivity contribution in [2.45, 2.75) is 10.2 Å². The van der Waals surface area contributed by atoms with E-state index in [-0.39, 0.29) is 3.23 Å². The topological polar surface area (TPSA) is 0 Å². The van der Waals surface area contributed by atoms with E-state index in [2.05, 4.69) is 38.8 Å². The summed E-state index contributed by atoms with van der Waals surface area (Å²) < 4.78 is 0.168. The average molecular weight is 262 g/mol. The molecule has 0 amide bonds. The highest BCUT2D eigenvalue weighted by Gasteiger charge is 2.58. The smallest absolute Gasteiger partial charge is 0.0877 e. The van der Waals surface area contributed by atoms with Crippen LogP contribution in [0.25, 0.3) is 0 Å². The lowest BCUT2D eigenvalue weighted by molar-refractivity contribution is 0.841. The summed E-state index contributed by atoms with van der Waals surface area (Å²) in [6.45, 7) is 2.18. The maximum absolute atomic E-state index is 5.62. The zero-order valence-corrected chi connectivity index (χ0v) is 8.42. The predicted molar refractivity (Wildman–Crippen MR) is 44.0 cm³/mol. The van der Waals surface area contributed by atoms with Crippen LogP contribution in [0.15, 0.2) is 0 Å². The molecule has 0 aromatic carbocycles. The van der Waals surface area contributed by atoms with E-state index in [1.54, 1.807) is 0 Å². The molecule has 0 aromatic rings. The van der Waals surface area contributed by atoms with Crippen LogP contribution in [0.4, 0.5) is 0 Å². The third-order valence-electron chi connectivity index (χ3n) is 1.76. The van der Waals surface area contributed by atoms with Crippen molar-refractivity contribution in [3.05, 3.63) is 0 Å². The van der Waals surface area contributed by atoms with Crippen LogP contribution in [-0.4, -0.2) is 9.11 Å². The third-order valence-corrected chi connectivity index (χ3v) is 4.72. The first-order valence-electron chi connectivity index (χ1n) is 2.54. The van der Waals surface area contributed by atoms with Gasteiger partial charge in [0.15, 0.2) is 0 Å². The van der Waals surface area contributed by atoms with Crippen molar-refractivity contribution in [2.75, 3.05) is 5.88 Å². The van der Waals surface area contributed by atoms with Gasteiger partial charge in [-0.25, -0.2) is 0 Å². The van der Waals surface area contributed by atoms with Crippen LogP contribution >= 0.6 is 43.5 Å². The highest BCUT2D eigenvalue weighted by atomic mass is 79.9. The zero-order chi connectivity index (χ0) is 6.36. The van der Waals surface area contributed by atoms with Crippen molar-refractivity contribution < 1.29 is 0 Å². The molecule has 0 spiro atoms. The van der Waals surface area contributed by atoms with Crippen molar-refractivity contribution in [2.24, 2.45) is 11.8 Å². The number of halogens is 3. The molecule has 0 aliphatic heterocycles. The van der Waals surface area contributed by atoms with Gasteiger partial charge in [0.2, 0.25) is 0 Å². The third kappa shape index (κ3) is 0.952. The minimum Gasteiger partial charge on any atom is -0.126 e. The number of hydrogen-bond acceptors (Lipinski definition) is 0. The molecule has 0 unspecified atom stereocenters. The molecule has 0 heterocycles. The standard InChI is InChI=1S/C5H7Br2Cl/c1-3-4(2-8)5(3,6)7/h3-4H,2H2,1H3/t3-,4+/m0/s1. The Hall–Kier alpha value is 1.25. The Bertz CT molecular complexity index is 103. The van der Waals surface area contributed by atoms with E-state index in [0.717, 1.165) is 5.88 Å². The second-order valence-corrected chi connectivity index (χ2v) is 6.22. The first-order chi connectivity index (χ1) is 3.60. The number of hydrogen-bond donors (Lipinski definition) is 0. The van der Waals surface area contributed by atoms with Crippen molar-refractivity contribution >= 4 is 43.5 Å². The SMILES string of the molecule is C[C@H]1[C@@H](CCl)C1(Br)Br. The van der Waals surface area contributed by atoms with Crippen LogP contribution in [0.1, 0.15) is 6.92 Å². The normalized spacial score (nSPS) is 42.0. The molecule has 1 aliphatic rings. The number of alkyl halides is 3. The lowest BCUT2D eigenvalue weighted by atomic mass is 10.4. The van der Waals surface area contributed by atoms with Crippen molar-refractivity contribution in [3.8, 4) is 0 Å². The largest absolute Gasteiger partial charge is 0.126 e. The maximum atomic E-state index is 5.62. The van der Waals surface area contributed by atoms with Crippen LogP contribution < -0.4 is 0 Å². The molecule has 1 saturated carbocycles. The molecule has 2 atom stereocenters. The summed E-state index contributed by atoms with van der Waals surface area (Å²) in [4.78, 5) is 0. The summed E-state index contributed by atoms with van der Waals surface area (Å²) in [5.41, 5.74) is 0. The van der Waals surface area contributed by atoms with Gasteiger partial charge in [0.05, 0.1) is 3.23 Å². The van der Waals surface area contributed by atoms with Gasteiger partial charge in [-0.3, -0.25) is 0 Å². The quantitative estimate of drug-likeness (QED) is 0.637. The van der Waals surface area contributed by atoms with Crippen LogP contribution in [0.3, 0.4) is 0 Å². The summed E-state index contributed by atoms with van der Waals surface area (Å²) in [7, 11) is 0. The lowest BCUT2D eigenvalue weighted by Crippen LogP contribution is -1.87. The van der Waals surface area contributed by atoms with Crippen LogP contribution in [0.5, 0.6) is 0 Å². The molecule has 0 N–H and O–H groups in total. The van der Waals surface area contributed by atoms with Crippen LogP contribution in [0, 0.1) is 11.8 Å². The van der Waals surface area contributed by atoms with E-state index in [1.807, 2.05) is 0 Å². The fourth-order valence-electron chi connectivity index (χ4n) is 0.797. The van der Waals surface area contributed by atoms with E-state index in [4.69, 9.17) is 11.6 Å². The lowest BCUT2D eigenvalue weighted by Gasteiger charge is -1.90. The second kappa shape index (κ2) is 2.14. The highest BCUT2D eigenvalue weighted by Crippen LogP contribution is 2.61. The summed E-state index contributed by atoms with van der Waals surface area (Å²) in [5.74, 6) is 2.04. The molecule has 0 radical (unpaired) electrons. The predicted octanol–water partition coefficient (Wildman–Crippen LogP) is 2.98. The first-order valence-corrected chi connectivity index (χ1v) is 4.66. The first kappa shape index (κ1) is 7.36.